The van der Waals surface area contributed by atoms with Crippen molar-refractivity contribution in [1.29, 1.82) is 0 Å². The lowest BCUT2D eigenvalue weighted by Crippen LogP contribution is -2.30. The quantitative estimate of drug-likeness (QED) is 0.379. The highest BCUT2D eigenvalue weighted by Crippen LogP contribution is 2.32. The third-order valence-corrected chi connectivity index (χ3v) is 4.78. The number of likely N-dealkylation sites (N-methyl/N-ethyl adjacent to an activating group) is 1. The Morgan fingerprint density at radius 2 is 1.73 bits per heavy atom. The average Bonchev–Trinajstić information content (AvgIpc) is 2.54. The number of non-ortho nitro benzene ring substituents is 1. The second kappa shape index (κ2) is 8.88. The molecule has 0 saturated heterocycles. The van der Waals surface area contributed by atoms with Crippen molar-refractivity contribution in [3.05, 3.63) is 66.1 Å². The first-order valence-electron chi connectivity index (χ1n) is 7.23. The number of rotatable bonds is 6. The average molecular weight is 437 g/mol. The minimum atomic E-state index is -0.501. The van der Waals surface area contributed by atoms with E-state index in [4.69, 9.17) is 46.4 Å². The molecule has 1 amide bonds. The standard InChI is InChI=1S/C16H13Cl4N3O3/c1-22(7-9-4-10(23(25)26)2-3-11(9)17)8-16(24)21-15-6-13(19)12(18)5-14(15)20/h2-6H,7-8H2,1H3,(H,21,24). The molecule has 2 aromatic carbocycles. The Bertz CT molecular complexity index is 861. The minimum Gasteiger partial charge on any atom is -0.324 e. The fourth-order valence-corrected chi connectivity index (χ4v) is 2.97. The van der Waals surface area contributed by atoms with Gasteiger partial charge >= 0.3 is 0 Å². The normalized spacial score (nSPS) is 10.8. The molecule has 26 heavy (non-hydrogen) atoms. The maximum absolute atomic E-state index is 12.2. The van der Waals surface area contributed by atoms with Crippen molar-refractivity contribution in [2.24, 2.45) is 0 Å². The van der Waals surface area contributed by atoms with Crippen LogP contribution in [0.4, 0.5) is 11.4 Å². The lowest BCUT2D eigenvalue weighted by atomic mass is 10.2. The number of carbonyl (C=O) groups excluding carboxylic acids is 1. The van der Waals surface area contributed by atoms with Gasteiger partial charge in [0, 0.05) is 23.7 Å². The van der Waals surface area contributed by atoms with Crippen LogP contribution in [-0.4, -0.2) is 29.3 Å². The second-order valence-electron chi connectivity index (χ2n) is 5.50. The number of amides is 1. The maximum Gasteiger partial charge on any atom is 0.269 e. The fourth-order valence-electron chi connectivity index (χ4n) is 2.20. The summed E-state index contributed by atoms with van der Waals surface area (Å²) in [4.78, 5) is 24.2. The molecule has 0 saturated carbocycles. The Balaban J connectivity index is 2.03. The van der Waals surface area contributed by atoms with E-state index in [1.165, 1.54) is 30.3 Å². The van der Waals surface area contributed by atoms with Crippen molar-refractivity contribution in [1.82, 2.24) is 4.90 Å². The highest BCUT2D eigenvalue weighted by Gasteiger charge is 2.15. The molecule has 6 nitrogen and oxygen atoms in total. The van der Waals surface area contributed by atoms with Crippen LogP contribution in [0.3, 0.4) is 0 Å². The van der Waals surface area contributed by atoms with Crippen molar-refractivity contribution in [3.63, 3.8) is 0 Å². The fraction of sp³-hybridized carbons (Fsp3) is 0.188. The van der Waals surface area contributed by atoms with E-state index in [1.807, 2.05) is 0 Å². The first kappa shape index (κ1) is 20.7. The molecule has 0 atom stereocenters. The van der Waals surface area contributed by atoms with Gasteiger partial charge in [0.1, 0.15) is 0 Å². The monoisotopic (exact) mass is 435 g/mol. The zero-order valence-electron chi connectivity index (χ0n) is 13.4. The number of hydrogen-bond acceptors (Lipinski definition) is 4. The SMILES string of the molecule is CN(CC(=O)Nc1cc(Cl)c(Cl)cc1Cl)Cc1cc([N+](=O)[O-])ccc1Cl. The van der Waals surface area contributed by atoms with Crippen LogP contribution >= 0.6 is 46.4 Å². The molecule has 2 rings (SSSR count). The van der Waals surface area contributed by atoms with E-state index in [0.717, 1.165) is 0 Å². The molecule has 0 spiro atoms. The molecule has 2 aromatic rings. The largest absolute Gasteiger partial charge is 0.324 e. The number of nitro benzene ring substituents is 1. The van der Waals surface area contributed by atoms with Gasteiger partial charge in [0.15, 0.2) is 0 Å². The molecule has 0 bridgehead atoms. The van der Waals surface area contributed by atoms with Crippen LogP contribution in [0.2, 0.25) is 20.1 Å². The van der Waals surface area contributed by atoms with Crippen molar-refractivity contribution in [2.45, 2.75) is 6.54 Å². The van der Waals surface area contributed by atoms with Gasteiger partial charge in [-0.15, -0.1) is 0 Å². The van der Waals surface area contributed by atoms with E-state index in [2.05, 4.69) is 5.32 Å². The number of hydrogen-bond donors (Lipinski definition) is 1. The highest BCUT2D eigenvalue weighted by molar-refractivity contribution is 6.44. The lowest BCUT2D eigenvalue weighted by Gasteiger charge is -2.17. The zero-order chi connectivity index (χ0) is 19.4. The Morgan fingerprint density at radius 1 is 1.08 bits per heavy atom. The molecule has 0 unspecified atom stereocenters. The van der Waals surface area contributed by atoms with Crippen LogP contribution < -0.4 is 5.32 Å². The molecule has 0 heterocycles. The number of carbonyl (C=O) groups is 1. The van der Waals surface area contributed by atoms with Gasteiger partial charge in [0.05, 0.1) is 32.2 Å². The van der Waals surface area contributed by atoms with Gasteiger partial charge in [-0.05, 0) is 30.8 Å². The molecule has 10 heteroatoms. The predicted octanol–water partition coefficient (Wildman–Crippen LogP) is 5.28. The van der Waals surface area contributed by atoms with Gasteiger partial charge in [-0.2, -0.15) is 0 Å². The summed E-state index contributed by atoms with van der Waals surface area (Å²) in [5.74, 6) is -0.339. The van der Waals surface area contributed by atoms with Crippen LogP contribution in [0.15, 0.2) is 30.3 Å². The van der Waals surface area contributed by atoms with Crippen molar-refractivity contribution in [3.8, 4) is 0 Å². The van der Waals surface area contributed by atoms with Crippen molar-refractivity contribution in [2.75, 3.05) is 18.9 Å². The second-order valence-corrected chi connectivity index (χ2v) is 7.13. The predicted molar refractivity (Wildman–Crippen MR) is 105 cm³/mol. The van der Waals surface area contributed by atoms with E-state index in [-0.39, 0.29) is 39.8 Å². The van der Waals surface area contributed by atoms with Crippen molar-refractivity contribution < 1.29 is 9.72 Å². The van der Waals surface area contributed by atoms with Gasteiger partial charge < -0.3 is 5.32 Å². The molecule has 1 N–H and O–H groups in total. The van der Waals surface area contributed by atoms with Crippen LogP contribution in [0.1, 0.15) is 5.56 Å². The Labute approximate surface area is 169 Å². The van der Waals surface area contributed by atoms with E-state index in [0.29, 0.717) is 16.3 Å². The van der Waals surface area contributed by atoms with Crippen molar-refractivity contribution >= 4 is 63.7 Å². The van der Waals surface area contributed by atoms with Gasteiger partial charge in [0.25, 0.3) is 5.69 Å². The molecular formula is C16H13Cl4N3O3. The summed E-state index contributed by atoms with van der Waals surface area (Å²) in [7, 11) is 1.69. The molecule has 0 aliphatic rings. The molecule has 0 radical (unpaired) electrons. The number of halogens is 4. The third kappa shape index (κ3) is 5.46. The highest BCUT2D eigenvalue weighted by atomic mass is 35.5. The topological polar surface area (TPSA) is 75.5 Å². The Morgan fingerprint density at radius 3 is 2.38 bits per heavy atom. The summed E-state index contributed by atoms with van der Waals surface area (Å²) in [6.45, 7) is 0.263. The van der Waals surface area contributed by atoms with Crippen LogP contribution in [0, 0.1) is 10.1 Å². The molecule has 138 valence electrons. The van der Waals surface area contributed by atoms with E-state index in [9.17, 15) is 14.9 Å². The van der Waals surface area contributed by atoms with Gasteiger partial charge in [-0.25, -0.2) is 0 Å². The molecule has 0 aromatic heterocycles. The Hall–Kier alpha value is -1.57. The Kier molecular flexibility index (Phi) is 7.08. The first-order chi connectivity index (χ1) is 12.2. The molecule has 0 aliphatic heterocycles. The number of anilines is 1. The first-order valence-corrected chi connectivity index (χ1v) is 8.74. The summed E-state index contributed by atoms with van der Waals surface area (Å²) in [5.41, 5.74) is 0.821. The minimum absolute atomic E-state index is 0.00952. The van der Waals surface area contributed by atoms with E-state index in [1.54, 1.807) is 11.9 Å². The van der Waals surface area contributed by atoms with Gasteiger partial charge in [-0.1, -0.05) is 46.4 Å². The number of nitro groups is 1. The number of benzene rings is 2. The summed E-state index contributed by atoms with van der Waals surface area (Å²) in [5, 5.41) is 14.7. The number of nitrogens with zero attached hydrogens (tertiary/aromatic N) is 2. The van der Waals surface area contributed by atoms with Gasteiger partial charge in [0.2, 0.25) is 5.91 Å². The summed E-state index contributed by atoms with van der Waals surface area (Å²) in [6, 6.07) is 7.06. The van der Waals surface area contributed by atoms with Gasteiger partial charge in [-0.3, -0.25) is 19.8 Å². The van der Waals surface area contributed by atoms with E-state index < -0.39 is 4.92 Å². The summed E-state index contributed by atoms with van der Waals surface area (Å²) >= 11 is 23.9. The zero-order valence-corrected chi connectivity index (χ0v) is 16.5. The summed E-state index contributed by atoms with van der Waals surface area (Å²) in [6.07, 6.45) is 0. The third-order valence-electron chi connectivity index (χ3n) is 3.38. The van der Waals surface area contributed by atoms with Crippen LogP contribution in [-0.2, 0) is 11.3 Å². The van der Waals surface area contributed by atoms with E-state index >= 15 is 0 Å². The van der Waals surface area contributed by atoms with Crippen LogP contribution in [0.5, 0.6) is 0 Å². The lowest BCUT2D eigenvalue weighted by molar-refractivity contribution is -0.384. The van der Waals surface area contributed by atoms with Crippen LogP contribution in [0.25, 0.3) is 0 Å². The molecule has 0 aliphatic carbocycles. The maximum atomic E-state index is 12.2. The number of nitrogens with one attached hydrogen (secondary N) is 1. The summed E-state index contributed by atoms with van der Waals surface area (Å²) < 4.78 is 0. The molecule has 0 fully saturated rings. The molecular weight excluding hydrogens is 424 g/mol. The smallest absolute Gasteiger partial charge is 0.269 e.